The van der Waals surface area contributed by atoms with Gasteiger partial charge >= 0.3 is 0 Å². The lowest BCUT2D eigenvalue weighted by Gasteiger charge is -2.13. The molecular weight excluding hydrogens is 342 g/mol. The number of ketones is 1. The standard InChI is InChI=1S/C22H29NO4/c1-2-6-19(24)15-18-9-11-22(12-10-18)26-14-13-23-16-20(25)17-27-21-7-4-3-5-8-21/h3-5,7-12,20,23,25H,2,6,13-17H2,1H3/t20-/m0/s1. The van der Waals surface area contributed by atoms with Gasteiger partial charge in [-0.05, 0) is 36.2 Å². The summed E-state index contributed by atoms with van der Waals surface area (Å²) in [5, 5.41) is 13.1. The SMILES string of the molecule is CCCC(=O)Cc1ccc(OCCNC[C@H](O)COc2ccccc2)cc1. The number of nitrogens with one attached hydrogen (secondary N) is 1. The minimum Gasteiger partial charge on any atom is -0.492 e. The molecule has 2 rings (SSSR count). The summed E-state index contributed by atoms with van der Waals surface area (Å²) >= 11 is 0. The number of ether oxygens (including phenoxy) is 2. The van der Waals surface area contributed by atoms with E-state index < -0.39 is 6.10 Å². The maximum absolute atomic E-state index is 11.7. The van der Waals surface area contributed by atoms with Gasteiger partial charge < -0.3 is 19.9 Å². The van der Waals surface area contributed by atoms with E-state index in [2.05, 4.69) is 5.32 Å². The zero-order chi connectivity index (χ0) is 19.3. The molecular formula is C22H29NO4. The summed E-state index contributed by atoms with van der Waals surface area (Å²) in [6.07, 6.45) is 1.43. The molecule has 1 atom stereocenters. The van der Waals surface area contributed by atoms with Crippen LogP contribution in [0, 0.1) is 0 Å². The highest BCUT2D eigenvalue weighted by Gasteiger charge is 2.05. The van der Waals surface area contributed by atoms with Crippen molar-refractivity contribution >= 4 is 5.78 Å². The summed E-state index contributed by atoms with van der Waals surface area (Å²) in [6, 6.07) is 17.1. The molecule has 5 heteroatoms. The van der Waals surface area contributed by atoms with Crippen LogP contribution in [0.2, 0.25) is 0 Å². The molecule has 0 amide bonds. The first-order valence-corrected chi connectivity index (χ1v) is 9.47. The maximum atomic E-state index is 11.7. The highest BCUT2D eigenvalue weighted by molar-refractivity contribution is 5.80. The van der Waals surface area contributed by atoms with E-state index in [-0.39, 0.29) is 12.4 Å². The fourth-order valence-electron chi connectivity index (χ4n) is 2.58. The second kappa shape index (κ2) is 12.1. The molecule has 0 radical (unpaired) electrons. The van der Waals surface area contributed by atoms with Gasteiger partial charge in [-0.15, -0.1) is 0 Å². The van der Waals surface area contributed by atoms with Crippen LogP contribution in [0.1, 0.15) is 25.3 Å². The molecule has 2 aromatic rings. The molecule has 5 nitrogen and oxygen atoms in total. The first-order chi connectivity index (χ1) is 13.2. The Morgan fingerprint density at radius 2 is 1.74 bits per heavy atom. The van der Waals surface area contributed by atoms with E-state index in [4.69, 9.17) is 9.47 Å². The molecule has 27 heavy (non-hydrogen) atoms. The number of aliphatic hydroxyl groups excluding tert-OH is 1. The molecule has 0 aliphatic heterocycles. The molecule has 0 aromatic heterocycles. The number of benzene rings is 2. The topological polar surface area (TPSA) is 67.8 Å². The molecule has 2 aromatic carbocycles. The van der Waals surface area contributed by atoms with E-state index in [0.29, 0.717) is 32.5 Å². The number of carbonyl (C=O) groups is 1. The summed E-state index contributed by atoms with van der Waals surface area (Å²) in [5.74, 6) is 1.79. The lowest BCUT2D eigenvalue weighted by atomic mass is 10.1. The van der Waals surface area contributed by atoms with Gasteiger partial charge in [0.1, 0.15) is 36.6 Å². The molecule has 0 bridgehead atoms. The van der Waals surface area contributed by atoms with Gasteiger partial charge in [-0.25, -0.2) is 0 Å². The summed E-state index contributed by atoms with van der Waals surface area (Å²) in [5.41, 5.74) is 1.01. The van der Waals surface area contributed by atoms with Crippen molar-refractivity contribution in [3.63, 3.8) is 0 Å². The van der Waals surface area contributed by atoms with Crippen LogP contribution in [0.3, 0.4) is 0 Å². The van der Waals surface area contributed by atoms with Gasteiger partial charge in [-0.3, -0.25) is 4.79 Å². The second-order valence-corrected chi connectivity index (χ2v) is 6.44. The van der Waals surface area contributed by atoms with E-state index in [0.717, 1.165) is 23.5 Å². The van der Waals surface area contributed by atoms with Crippen LogP contribution in [0.4, 0.5) is 0 Å². The Balaban J connectivity index is 1.56. The zero-order valence-electron chi connectivity index (χ0n) is 15.9. The van der Waals surface area contributed by atoms with Gasteiger partial charge in [-0.1, -0.05) is 37.3 Å². The number of hydrogen-bond acceptors (Lipinski definition) is 5. The van der Waals surface area contributed by atoms with Crippen LogP contribution in [-0.2, 0) is 11.2 Å². The van der Waals surface area contributed by atoms with Crippen LogP contribution >= 0.6 is 0 Å². The minimum absolute atomic E-state index is 0.246. The van der Waals surface area contributed by atoms with Crippen LogP contribution in [0.15, 0.2) is 54.6 Å². The number of aliphatic hydroxyl groups is 1. The summed E-state index contributed by atoms with van der Waals surface area (Å²) in [6.45, 7) is 3.82. The molecule has 0 aliphatic carbocycles. The summed E-state index contributed by atoms with van der Waals surface area (Å²) in [4.78, 5) is 11.7. The largest absolute Gasteiger partial charge is 0.492 e. The van der Waals surface area contributed by atoms with Crippen molar-refractivity contribution in [2.75, 3.05) is 26.3 Å². The maximum Gasteiger partial charge on any atom is 0.137 e. The van der Waals surface area contributed by atoms with E-state index >= 15 is 0 Å². The molecule has 0 spiro atoms. The first kappa shape index (κ1) is 20.9. The third-order valence-electron chi connectivity index (χ3n) is 3.97. The van der Waals surface area contributed by atoms with Crippen LogP contribution in [0.5, 0.6) is 11.5 Å². The van der Waals surface area contributed by atoms with Gasteiger partial charge in [-0.2, -0.15) is 0 Å². The van der Waals surface area contributed by atoms with Gasteiger partial charge in [0.05, 0.1) is 0 Å². The smallest absolute Gasteiger partial charge is 0.137 e. The van der Waals surface area contributed by atoms with Crippen LogP contribution in [-0.4, -0.2) is 43.3 Å². The third kappa shape index (κ3) is 8.71. The second-order valence-electron chi connectivity index (χ2n) is 6.44. The fraction of sp³-hybridized carbons (Fsp3) is 0.409. The molecule has 0 unspecified atom stereocenters. The Bertz CT molecular complexity index is 658. The average molecular weight is 371 g/mol. The van der Waals surface area contributed by atoms with Crippen molar-refractivity contribution in [2.45, 2.75) is 32.3 Å². The number of para-hydroxylation sites is 1. The fourth-order valence-corrected chi connectivity index (χ4v) is 2.58. The average Bonchev–Trinajstić information content (AvgIpc) is 2.68. The van der Waals surface area contributed by atoms with E-state index in [1.807, 2.05) is 61.5 Å². The predicted molar refractivity (Wildman–Crippen MR) is 106 cm³/mol. The minimum atomic E-state index is -0.579. The molecule has 0 aliphatic rings. The number of rotatable bonds is 13. The Morgan fingerprint density at radius 1 is 1.04 bits per heavy atom. The van der Waals surface area contributed by atoms with Crippen molar-refractivity contribution < 1.29 is 19.4 Å². The first-order valence-electron chi connectivity index (χ1n) is 9.47. The molecule has 0 fully saturated rings. The highest BCUT2D eigenvalue weighted by atomic mass is 16.5. The van der Waals surface area contributed by atoms with E-state index in [1.165, 1.54) is 0 Å². The third-order valence-corrected chi connectivity index (χ3v) is 3.97. The predicted octanol–water partition coefficient (Wildman–Crippen LogP) is 3.01. The summed E-state index contributed by atoms with van der Waals surface area (Å²) in [7, 11) is 0. The van der Waals surface area contributed by atoms with Gasteiger partial charge in [0.2, 0.25) is 0 Å². The van der Waals surface area contributed by atoms with E-state index in [1.54, 1.807) is 0 Å². The molecule has 0 saturated carbocycles. The molecule has 2 N–H and O–H groups in total. The quantitative estimate of drug-likeness (QED) is 0.530. The molecule has 0 heterocycles. The number of Topliss-reactive ketones (excluding diaryl/α,β-unsaturated/α-hetero) is 1. The van der Waals surface area contributed by atoms with Crippen LogP contribution in [0.25, 0.3) is 0 Å². The monoisotopic (exact) mass is 371 g/mol. The molecule has 146 valence electrons. The van der Waals surface area contributed by atoms with Gasteiger partial charge in [0.25, 0.3) is 0 Å². The lowest BCUT2D eigenvalue weighted by molar-refractivity contribution is -0.118. The normalized spacial score (nSPS) is 11.8. The van der Waals surface area contributed by atoms with Gasteiger partial charge in [0.15, 0.2) is 0 Å². The van der Waals surface area contributed by atoms with Crippen molar-refractivity contribution in [2.24, 2.45) is 0 Å². The summed E-state index contributed by atoms with van der Waals surface area (Å²) < 4.78 is 11.2. The van der Waals surface area contributed by atoms with Crippen molar-refractivity contribution in [3.05, 3.63) is 60.2 Å². The molecule has 0 saturated heterocycles. The van der Waals surface area contributed by atoms with E-state index in [9.17, 15) is 9.90 Å². The number of carbonyl (C=O) groups excluding carboxylic acids is 1. The van der Waals surface area contributed by atoms with Crippen molar-refractivity contribution in [1.29, 1.82) is 0 Å². The number of hydrogen-bond donors (Lipinski definition) is 2. The van der Waals surface area contributed by atoms with Crippen molar-refractivity contribution in [3.8, 4) is 11.5 Å². The highest BCUT2D eigenvalue weighted by Crippen LogP contribution is 2.13. The Hall–Kier alpha value is -2.37. The van der Waals surface area contributed by atoms with Crippen molar-refractivity contribution in [1.82, 2.24) is 5.32 Å². The Morgan fingerprint density at radius 3 is 2.44 bits per heavy atom. The Labute approximate surface area is 161 Å². The van der Waals surface area contributed by atoms with Crippen LogP contribution < -0.4 is 14.8 Å². The van der Waals surface area contributed by atoms with Gasteiger partial charge in [0, 0.05) is 25.9 Å². The Kier molecular flexibility index (Phi) is 9.38. The lowest BCUT2D eigenvalue weighted by Crippen LogP contribution is -2.33. The zero-order valence-corrected chi connectivity index (χ0v) is 15.9.